The summed E-state index contributed by atoms with van der Waals surface area (Å²) in [5, 5.41) is 2.45. The molecule has 0 saturated heterocycles. The van der Waals surface area contributed by atoms with Crippen molar-refractivity contribution in [1.82, 2.24) is 0 Å². The van der Waals surface area contributed by atoms with Crippen LogP contribution in [0.5, 0.6) is 5.75 Å². The van der Waals surface area contributed by atoms with E-state index in [0.29, 0.717) is 4.88 Å². The number of amides is 1. The van der Waals surface area contributed by atoms with E-state index in [1.165, 1.54) is 40.3 Å². The van der Waals surface area contributed by atoms with Crippen molar-refractivity contribution in [3.63, 3.8) is 0 Å². The topological polar surface area (TPSA) is 64.6 Å². The summed E-state index contributed by atoms with van der Waals surface area (Å²) >= 11 is 1.41. The second-order valence-corrected chi connectivity index (χ2v) is 7.45. The van der Waals surface area contributed by atoms with E-state index < -0.39 is 30.6 Å². The molecule has 28 heavy (non-hydrogen) atoms. The molecule has 0 radical (unpaired) electrons. The number of fused-ring (bicyclic) bond motifs is 1. The molecule has 0 aliphatic heterocycles. The Labute approximate surface area is 163 Å². The van der Waals surface area contributed by atoms with Gasteiger partial charge in [0.2, 0.25) is 0 Å². The van der Waals surface area contributed by atoms with Crippen LogP contribution >= 0.6 is 11.3 Å². The Morgan fingerprint density at radius 2 is 1.79 bits per heavy atom. The Hall–Kier alpha value is -2.55. The molecular weight excluding hydrogens is 395 g/mol. The van der Waals surface area contributed by atoms with Gasteiger partial charge in [-0.15, -0.1) is 24.5 Å². The monoisotopic (exact) mass is 413 g/mol. The number of carbonyl (C=O) groups is 2. The number of ether oxygens (including phenoxy) is 2. The Morgan fingerprint density at radius 1 is 1.07 bits per heavy atom. The maximum absolute atomic E-state index is 12.2. The number of hydrogen-bond donors (Lipinski definition) is 1. The Morgan fingerprint density at radius 3 is 2.50 bits per heavy atom. The Kier molecular flexibility index (Phi) is 6.23. The third-order valence-electron chi connectivity index (χ3n) is 4.15. The number of halogens is 3. The molecule has 1 aliphatic rings. The molecule has 1 aromatic heterocycles. The van der Waals surface area contributed by atoms with E-state index in [2.05, 4.69) is 10.1 Å². The number of aryl methyl sites for hydroxylation is 2. The molecule has 150 valence electrons. The van der Waals surface area contributed by atoms with Crippen LogP contribution in [0.1, 0.15) is 39.4 Å². The molecule has 1 heterocycles. The van der Waals surface area contributed by atoms with Crippen LogP contribution in [-0.2, 0) is 22.4 Å². The van der Waals surface area contributed by atoms with Gasteiger partial charge >= 0.3 is 12.3 Å². The van der Waals surface area contributed by atoms with Crippen LogP contribution in [0.3, 0.4) is 0 Å². The fraction of sp³-hybridized carbons (Fsp3) is 0.368. The normalized spacial score (nSPS) is 14.0. The van der Waals surface area contributed by atoms with Gasteiger partial charge in [0.1, 0.15) is 10.6 Å². The van der Waals surface area contributed by atoms with E-state index in [-0.39, 0.29) is 5.69 Å². The first-order chi connectivity index (χ1) is 13.3. The number of carbonyl (C=O) groups excluding carboxylic acids is 2. The van der Waals surface area contributed by atoms with E-state index >= 15 is 0 Å². The molecule has 1 aliphatic carbocycles. The maximum Gasteiger partial charge on any atom is 0.573 e. The highest BCUT2D eigenvalue weighted by atomic mass is 32.1. The minimum Gasteiger partial charge on any atom is -0.451 e. The predicted molar refractivity (Wildman–Crippen MR) is 97.6 cm³/mol. The van der Waals surface area contributed by atoms with Gasteiger partial charge in [0, 0.05) is 10.6 Å². The third-order valence-corrected chi connectivity index (χ3v) is 5.37. The minimum atomic E-state index is -4.78. The van der Waals surface area contributed by atoms with Crippen molar-refractivity contribution < 1.29 is 32.2 Å². The van der Waals surface area contributed by atoms with Crippen molar-refractivity contribution in [3.05, 3.63) is 45.6 Å². The van der Waals surface area contributed by atoms with Crippen LogP contribution in [0, 0.1) is 0 Å². The number of rotatable bonds is 5. The Balaban J connectivity index is 1.49. The number of hydrogen-bond acceptors (Lipinski definition) is 5. The van der Waals surface area contributed by atoms with Gasteiger partial charge in [-0.2, -0.15) is 0 Å². The van der Waals surface area contributed by atoms with Gasteiger partial charge in [0.15, 0.2) is 6.61 Å². The van der Waals surface area contributed by atoms with Crippen molar-refractivity contribution >= 4 is 28.9 Å². The van der Waals surface area contributed by atoms with Gasteiger partial charge in [-0.05, 0) is 61.6 Å². The van der Waals surface area contributed by atoms with Crippen molar-refractivity contribution in [2.24, 2.45) is 0 Å². The predicted octanol–water partition coefficient (Wildman–Crippen LogP) is 4.71. The molecule has 0 fully saturated rings. The van der Waals surface area contributed by atoms with E-state index in [1.54, 1.807) is 0 Å². The molecule has 0 saturated carbocycles. The van der Waals surface area contributed by atoms with E-state index in [4.69, 9.17) is 4.74 Å². The zero-order valence-electron chi connectivity index (χ0n) is 14.8. The van der Waals surface area contributed by atoms with Crippen LogP contribution in [-0.4, -0.2) is 24.8 Å². The van der Waals surface area contributed by atoms with Gasteiger partial charge in [0.05, 0.1) is 0 Å². The summed E-state index contributed by atoms with van der Waals surface area (Å²) in [6.45, 7) is -0.484. The van der Waals surface area contributed by atoms with Gasteiger partial charge < -0.3 is 14.8 Å². The van der Waals surface area contributed by atoms with E-state index in [1.807, 2.05) is 6.07 Å². The molecule has 1 aromatic carbocycles. The molecule has 0 bridgehead atoms. The summed E-state index contributed by atoms with van der Waals surface area (Å²) in [5.41, 5.74) is 1.44. The van der Waals surface area contributed by atoms with Gasteiger partial charge in [-0.25, -0.2) is 4.79 Å². The quantitative estimate of drug-likeness (QED) is 0.570. The highest BCUT2D eigenvalue weighted by Crippen LogP contribution is 2.29. The molecule has 3 rings (SSSR count). The second kappa shape index (κ2) is 8.64. The maximum atomic E-state index is 12.2. The van der Waals surface area contributed by atoms with Crippen molar-refractivity contribution in [2.45, 2.75) is 38.5 Å². The summed E-state index contributed by atoms with van der Waals surface area (Å²) < 4.78 is 45.2. The first kappa shape index (κ1) is 20.2. The first-order valence-corrected chi connectivity index (χ1v) is 9.56. The number of thiophene rings is 1. The van der Waals surface area contributed by atoms with Gasteiger partial charge in [0.25, 0.3) is 5.91 Å². The number of esters is 1. The zero-order chi connectivity index (χ0) is 20.1. The highest BCUT2D eigenvalue weighted by Gasteiger charge is 2.31. The fourth-order valence-electron chi connectivity index (χ4n) is 2.91. The van der Waals surface area contributed by atoms with Crippen LogP contribution in [0.25, 0.3) is 0 Å². The zero-order valence-corrected chi connectivity index (χ0v) is 15.6. The molecule has 1 amide bonds. The molecule has 0 atom stereocenters. The molecule has 0 unspecified atom stereocenters. The molecule has 9 heteroatoms. The first-order valence-electron chi connectivity index (χ1n) is 8.74. The lowest BCUT2D eigenvalue weighted by molar-refractivity contribution is -0.274. The van der Waals surface area contributed by atoms with Crippen molar-refractivity contribution in [1.29, 1.82) is 0 Å². The minimum absolute atomic E-state index is 0.262. The Bertz CT molecular complexity index is 822. The van der Waals surface area contributed by atoms with Gasteiger partial charge in [-0.1, -0.05) is 6.42 Å². The largest absolute Gasteiger partial charge is 0.573 e. The van der Waals surface area contributed by atoms with Crippen LogP contribution in [0.2, 0.25) is 0 Å². The second-order valence-electron chi connectivity index (χ2n) is 6.32. The van der Waals surface area contributed by atoms with Crippen molar-refractivity contribution in [3.8, 4) is 5.75 Å². The van der Waals surface area contributed by atoms with E-state index in [9.17, 15) is 22.8 Å². The standard InChI is InChI=1S/C19H18F3NO4S/c20-19(21,22)27-14-8-6-13(7-9-14)23-17(24)11-26-18(25)16-10-12-4-2-1-3-5-15(12)28-16/h6-10H,1-5,11H2,(H,23,24). The van der Waals surface area contributed by atoms with Crippen LogP contribution in [0.4, 0.5) is 18.9 Å². The lowest BCUT2D eigenvalue weighted by atomic mass is 10.1. The van der Waals surface area contributed by atoms with Gasteiger partial charge in [-0.3, -0.25) is 4.79 Å². The summed E-state index contributed by atoms with van der Waals surface area (Å²) in [4.78, 5) is 25.8. The number of nitrogens with one attached hydrogen (secondary N) is 1. The average Bonchev–Trinajstić information content (AvgIpc) is 2.91. The summed E-state index contributed by atoms with van der Waals surface area (Å²) in [6, 6.07) is 6.51. The summed E-state index contributed by atoms with van der Waals surface area (Å²) in [6.07, 6.45) is 0.532. The molecule has 1 N–H and O–H groups in total. The smallest absolute Gasteiger partial charge is 0.451 e. The third kappa shape index (κ3) is 5.72. The molecule has 5 nitrogen and oxygen atoms in total. The highest BCUT2D eigenvalue weighted by molar-refractivity contribution is 7.14. The number of alkyl halides is 3. The number of benzene rings is 1. The van der Waals surface area contributed by atoms with Crippen LogP contribution in [0.15, 0.2) is 30.3 Å². The SMILES string of the molecule is O=C(COC(=O)c1cc2c(s1)CCCCC2)Nc1ccc(OC(F)(F)F)cc1. The van der Waals surface area contributed by atoms with E-state index in [0.717, 1.165) is 37.8 Å². The molecular formula is C19H18F3NO4S. The number of anilines is 1. The molecule has 0 spiro atoms. The van der Waals surface area contributed by atoms with Crippen molar-refractivity contribution in [2.75, 3.05) is 11.9 Å². The summed E-state index contributed by atoms with van der Waals surface area (Å²) in [5.74, 6) is -1.53. The lowest BCUT2D eigenvalue weighted by Gasteiger charge is -2.10. The average molecular weight is 413 g/mol. The molecule has 2 aromatic rings. The fourth-order valence-corrected chi connectivity index (χ4v) is 4.05. The lowest BCUT2D eigenvalue weighted by Crippen LogP contribution is -2.20. The van der Waals surface area contributed by atoms with Crippen LogP contribution < -0.4 is 10.1 Å². The summed E-state index contributed by atoms with van der Waals surface area (Å²) in [7, 11) is 0.